The zero-order valence-corrected chi connectivity index (χ0v) is 25.1. The largest absolute Gasteiger partial charge is 0.455 e. The lowest BCUT2D eigenvalue weighted by atomic mass is 9.95. The van der Waals surface area contributed by atoms with Gasteiger partial charge in [0.15, 0.2) is 0 Å². The summed E-state index contributed by atoms with van der Waals surface area (Å²) in [6, 6.07) is 62.7. The number of anilines is 3. The summed E-state index contributed by atoms with van der Waals surface area (Å²) in [5.41, 5.74) is 9.76. The van der Waals surface area contributed by atoms with Crippen LogP contribution in [0.5, 0.6) is 0 Å². The molecule has 2 nitrogen and oxygen atoms in total. The summed E-state index contributed by atoms with van der Waals surface area (Å²) < 4.78 is 6.70. The first-order chi connectivity index (χ1) is 22.8. The third-order valence-electron chi connectivity index (χ3n) is 9.01. The maximum Gasteiger partial charge on any atom is 0.143 e. The van der Waals surface area contributed by atoms with Crippen LogP contribution in [-0.4, -0.2) is 0 Å². The summed E-state index contributed by atoms with van der Waals surface area (Å²) >= 11 is 0. The van der Waals surface area contributed by atoms with Crippen LogP contribution < -0.4 is 4.90 Å². The van der Waals surface area contributed by atoms with Crippen LogP contribution >= 0.6 is 0 Å². The molecule has 0 bridgehead atoms. The van der Waals surface area contributed by atoms with Gasteiger partial charge in [0.2, 0.25) is 0 Å². The Morgan fingerprint density at radius 1 is 0.348 bits per heavy atom. The fourth-order valence-electron chi connectivity index (χ4n) is 6.79. The molecule has 1 heterocycles. The van der Waals surface area contributed by atoms with Gasteiger partial charge >= 0.3 is 0 Å². The van der Waals surface area contributed by atoms with Crippen LogP contribution in [0.1, 0.15) is 0 Å². The molecule has 216 valence electrons. The second-order valence-electron chi connectivity index (χ2n) is 11.8. The van der Waals surface area contributed by atoms with Gasteiger partial charge < -0.3 is 9.32 Å². The zero-order chi connectivity index (χ0) is 30.5. The van der Waals surface area contributed by atoms with Crippen LogP contribution in [0, 0.1) is 0 Å². The van der Waals surface area contributed by atoms with E-state index in [4.69, 9.17) is 4.42 Å². The number of furan rings is 1. The van der Waals surface area contributed by atoms with Crippen LogP contribution in [-0.2, 0) is 0 Å². The molecule has 46 heavy (non-hydrogen) atoms. The van der Waals surface area contributed by atoms with E-state index in [-0.39, 0.29) is 0 Å². The van der Waals surface area contributed by atoms with Crippen molar-refractivity contribution in [3.05, 3.63) is 176 Å². The molecule has 9 aromatic rings. The fraction of sp³-hybridized carbons (Fsp3) is 0. The number of fused-ring (bicyclic) bond motifs is 5. The molecule has 0 saturated carbocycles. The second kappa shape index (κ2) is 10.8. The molecule has 1 aromatic heterocycles. The third-order valence-corrected chi connectivity index (χ3v) is 9.01. The quantitative estimate of drug-likeness (QED) is 0.199. The van der Waals surface area contributed by atoms with E-state index < -0.39 is 0 Å². The van der Waals surface area contributed by atoms with Crippen LogP contribution in [0.3, 0.4) is 0 Å². The molecule has 9 rings (SSSR count). The Morgan fingerprint density at radius 3 is 1.72 bits per heavy atom. The predicted octanol–water partition coefficient (Wildman–Crippen LogP) is 12.7. The predicted molar refractivity (Wildman–Crippen MR) is 194 cm³/mol. The topological polar surface area (TPSA) is 16.4 Å². The summed E-state index contributed by atoms with van der Waals surface area (Å²) in [5, 5.41) is 7.04. The Morgan fingerprint density at radius 2 is 0.935 bits per heavy atom. The highest BCUT2D eigenvalue weighted by Crippen LogP contribution is 2.44. The molecule has 0 saturated heterocycles. The van der Waals surface area contributed by atoms with Crippen LogP contribution in [0.25, 0.3) is 65.7 Å². The minimum absolute atomic E-state index is 0.879. The number of nitrogens with zero attached hydrogens (tertiary/aromatic N) is 1. The van der Waals surface area contributed by atoms with Crippen LogP contribution in [0.4, 0.5) is 17.1 Å². The summed E-state index contributed by atoms with van der Waals surface area (Å²) in [6.07, 6.45) is 0. The van der Waals surface area contributed by atoms with Gasteiger partial charge in [-0.25, -0.2) is 0 Å². The van der Waals surface area contributed by atoms with Crippen molar-refractivity contribution in [3.63, 3.8) is 0 Å². The molecular weight excluding hydrogens is 558 g/mol. The van der Waals surface area contributed by atoms with E-state index in [0.29, 0.717) is 0 Å². The maximum absolute atomic E-state index is 6.70. The molecule has 0 radical (unpaired) electrons. The molecule has 0 fully saturated rings. The van der Waals surface area contributed by atoms with Gasteiger partial charge in [-0.2, -0.15) is 0 Å². The molecule has 8 aromatic carbocycles. The second-order valence-corrected chi connectivity index (χ2v) is 11.8. The molecule has 0 unspecified atom stereocenters. The number of hydrogen-bond donors (Lipinski definition) is 0. The molecule has 0 spiro atoms. The molecule has 0 atom stereocenters. The molecule has 0 amide bonds. The van der Waals surface area contributed by atoms with E-state index in [9.17, 15) is 0 Å². The van der Waals surface area contributed by atoms with E-state index in [1.54, 1.807) is 0 Å². The lowest BCUT2D eigenvalue weighted by Crippen LogP contribution is -2.09. The lowest BCUT2D eigenvalue weighted by Gasteiger charge is -2.26. The Hall–Kier alpha value is -6.12. The highest BCUT2D eigenvalue weighted by molar-refractivity contribution is 6.18. The molecule has 0 aliphatic rings. The van der Waals surface area contributed by atoms with Gasteiger partial charge in [-0.05, 0) is 86.8 Å². The fourth-order valence-corrected chi connectivity index (χ4v) is 6.79. The average molecular weight is 588 g/mol. The standard InChI is InChI=1S/C44H29NO/c1-3-11-30(12-4-1)32-19-22-36(23-20-32)45(37-24-21-31-13-7-8-16-34(31)27-37)38-25-26-42-40(29-38)41-28-35-17-9-10-18-39(35)43(44(41)46-42)33-14-5-2-6-15-33/h1-29H. The van der Waals surface area contributed by atoms with Gasteiger partial charge in [0.05, 0.1) is 0 Å². The number of rotatable bonds is 5. The first kappa shape index (κ1) is 26.3. The molecular formula is C44H29NO. The number of hydrogen-bond acceptors (Lipinski definition) is 2. The van der Waals surface area contributed by atoms with Crippen molar-refractivity contribution in [2.75, 3.05) is 4.90 Å². The maximum atomic E-state index is 6.70. The Kier molecular flexibility index (Phi) is 6.17. The van der Waals surface area contributed by atoms with Gasteiger partial charge in [-0.1, -0.05) is 127 Å². The van der Waals surface area contributed by atoms with Crippen molar-refractivity contribution >= 4 is 60.5 Å². The van der Waals surface area contributed by atoms with Crippen molar-refractivity contribution in [2.45, 2.75) is 0 Å². The Bertz CT molecular complexity index is 2510. The summed E-state index contributed by atoms with van der Waals surface area (Å²) in [5.74, 6) is 0. The molecule has 0 N–H and O–H groups in total. The van der Waals surface area contributed by atoms with Crippen molar-refractivity contribution in [3.8, 4) is 22.3 Å². The summed E-state index contributed by atoms with van der Waals surface area (Å²) in [6.45, 7) is 0. The smallest absolute Gasteiger partial charge is 0.143 e. The molecule has 0 aliphatic heterocycles. The van der Waals surface area contributed by atoms with Crippen LogP contribution in [0.15, 0.2) is 180 Å². The van der Waals surface area contributed by atoms with E-state index in [1.807, 2.05) is 0 Å². The Labute approximate surface area is 267 Å². The molecule has 0 aliphatic carbocycles. The third kappa shape index (κ3) is 4.43. The lowest BCUT2D eigenvalue weighted by molar-refractivity contribution is 0.670. The van der Waals surface area contributed by atoms with Crippen molar-refractivity contribution < 1.29 is 4.42 Å². The Balaban J connectivity index is 1.26. The minimum Gasteiger partial charge on any atom is -0.455 e. The highest BCUT2D eigenvalue weighted by atomic mass is 16.3. The molecule has 2 heteroatoms. The van der Waals surface area contributed by atoms with Gasteiger partial charge in [0.1, 0.15) is 11.2 Å². The number of benzene rings is 8. The van der Waals surface area contributed by atoms with Gasteiger partial charge in [-0.15, -0.1) is 0 Å². The van der Waals surface area contributed by atoms with Gasteiger partial charge in [0.25, 0.3) is 0 Å². The van der Waals surface area contributed by atoms with Gasteiger partial charge in [0, 0.05) is 33.4 Å². The van der Waals surface area contributed by atoms with E-state index >= 15 is 0 Å². The minimum atomic E-state index is 0.879. The van der Waals surface area contributed by atoms with E-state index in [2.05, 4.69) is 181 Å². The zero-order valence-electron chi connectivity index (χ0n) is 25.1. The van der Waals surface area contributed by atoms with Crippen molar-refractivity contribution in [1.82, 2.24) is 0 Å². The summed E-state index contributed by atoms with van der Waals surface area (Å²) in [4.78, 5) is 2.35. The SMILES string of the molecule is c1ccc(-c2ccc(N(c3ccc4ccccc4c3)c3ccc4oc5c(-c6ccccc6)c6ccccc6cc5c4c3)cc2)cc1. The van der Waals surface area contributed by atoms with E-state index in [0.717, 1.165) is 50.1 Å². The van der Waals surface area contributed by atoms with Crippen molar-refractivity contribution in [2.24, 2.45) is 0 Å². The summed E-state index contributed by atoms with van der Waals surface area (Å²) in [7, 11) is 0. The van der Waals surface area contributed by atoms with Gasteiger partial charge in [-0.3, -0.25) is 0 Å². The first-order valence-corrected chi connectivity index (χ1v) is 15.7. The highest BCUT2D eigenvalue weighted by Gasteiger charge is 2.19. The first-order valence-electron chi connectivity index (χ1n) is 15.7. The average Bonchev–Trinajstić information content (AvgIpc) is 3.49. The van der Waals surface area contributed by atoms with Crippen molar-refractivity contribution in [1.29, 1.82) is 0 Å². The normalized spacial score (nSPS) is 11.5. The van der Waals surface area contributed by atoms with Crippen LogP contribution in [0.2, 0.25) is 0 Å². The van der Waals surface area contributed by atoms with E-state index in [1.165, 1.54) is 32.7 Å². The monoisotopic (exact) mass is 587 g/mol.